The van der Waals surface area contributed by atoms with Crippen molar-refractivity contribution in [2.45, 2.75) is 6.42 Å². The van der Waals surface area contributed by atoms with Gasteiger partial charge in [0.25, 0.3) is 0 Å². The number of nitrogens with zero attached hydrogens (tertiary/aromatic N) is 2. The molecule has 14 heavy (non-hydrogen) atoms. The molecule has 2 rings (SSSR count). The standard InChI is InChI=1S/C9H6BrClN2O/c10-7-2-1-6(8(11)4-7)3-9-13-12-5-14-9/h1-2,4-5H,3H2. The largest absolute Gasteiger partial charge is 0.428 e. The second-order valence-corrected chi connectivity index (χ2v) is 4.07. The van der Waals surface area contributed by atoms with Crippen LogP contribution in [0, 0.1) is 0 Å². The summed E-state index contributed by atoms with van der Waals surface area (Å²) >= 11 is 9.36. The molecule has 0 atom stereocenters. The molecule has 72 valence electrons. The average molecular weight is 274 g/mol. The van der Waals surface area contributed by atoms with Crippen molar-refractivity contribution in [1.82, 2.24) is 10.2 Å². The van der Waals surface area contributed by atoms with E-state index in [-0.39, 0.29) is 0 Å². The SMILES string of the molecule is Clc1cc(Br)ccc1Cc1nnco1. The lowest BCUT2D eigenvalue weighted by atomic mass is 10.1. The Morgan fingerprint density at radius 2 is 2.29 bits per heavy atom. The van der Waals surface area contributed by atoms with E-state index in [1.807, 2.05) is 18.2 Å². The van der Waals surface area contributed by atoms with Crippen LogP contribution in [-0.4, -0.2) is 10.2 Å². The Morgan fingerprint density at radius 1 is 1.43 bits per heavy atom. The van der Waals surface area contributed by atoms with Gasteiger partial charge in [0.2, 0.25) is 12.3 Å². The topological polar surface area (TPSA) is 38.9 Å². The highest BCUT2D eigenvalue weighted by atomic mass is 79.9. The molecule has 0 saturated heterocycles. The Kier molecular flexibility index (Phi) is 2.84. The van der Waals surface area contributed by atoms with E-state index in [4.69, 9.17) is 16.0 Å². The van der Waals surface area contributed by atoms with Crippen LogP contribution >= 0.6 is 27.5 Å². The highest BCUT2D eigenvalue weighted by molar-refractivity contribution is 9.10. The first-order valence-corrected chi connectivity index (χ1v) is 5.12. The van der Waals surface area contributed by atoms with Gasteiger partial charge >= 0.3 is 0 Å². The minimum atomic E-state index is 0.562. The molecule has 1 aromatic heterocycles. The maximum absolute atomic E-state index is 6.03. The van der Waals surface area contributed by atoms with E-state index in [1.54, 1.807) is 0 Å². The normalized spacial score (nSPS) is 10.4. The minimum absolute atomic E-state index is 0.562. The highest BCUT2D eigenvalue weighted by Gasteiger charge is 2.05. The van der Waals surface area contributed by atoms with E-state index in [9.17, 15) is 0 Å². The Bertz CT molecular complexity index is 430. The first kappa shape index (κ1) is 9.68. The molecule has 1 heterocycles. The molecule has 0 bridgehead atoms. The molecule has 0 aliphatic carbocycles. The molecule has 3 nitrogen and oxygen atoms in total. The molecule has 0 aliphatic rings. The number of halogens is 2. The van der Waals surface area contributed by atoms with E-state index in [1.165, 1.54) is 6.39 Å². The van der Waals surface area contributed by atoms with Crippen molar-refractivity contribution in [2.24, 2.45) is 0 Å². The van der Waals surface area contributed by atoms with Crippen LogP contribution in [0.3, 0.4) is 0 Å². The number of benzene rings is 1. The van der Waals surface area contributed by atoms with E-state index >= 15 is 0 Å². The summed E-state index contributed by atoms with van der Waals surface area (Å²) in [5.41, 5.74) is 0.971. The summed E-state index contributed by atoms with van der Waals surface area (Å²) < 4.78 is 5.99. The number of hydrogen-bond acceptors (Lipinski definition) is 3. The summed E-state index contributed by atoms with van der Waals surface area (Å²) in [7, 11) is 0. The molecule has 0 amide bonds. The second-order valence-electron chi connectivity index (χ2n) is 2.74. The summed E-state index contributed by atoms with van der Waals surface area (Å²) in [6.45, 7) is 0. The van der Waals surface area contributed by atoms with Crippen LogP contribution in [0.5, 0.6) is 0 Å². The third-order valence-electron chi connectivity index (χ3n) is 1.76. The third-order valence-corrected chi connectivity index (χ3v) is 2.61. The van der Waals surface area contributed by atoms with Gasteiger partial charge in [0.1, 0.15) is 0 Å². The lowest BCUT2D eigenvalue weighted by Crippen LogP contribution is -1.89. The third kappa shape index (κ3) is 2.13. The molecule has 0 saturated carbocycles. The van der Waals surface area contributed by atoms with E-state index < -0.39 is 0 Å². The maximum Gasteiger partial charge on any atom is 0.220 e. The molecular weight excluding hydrogens is 267 g/mol. The van der Waals surface area contributed by atoms with Crippen LogP contribution in [0.25, 0.3) is 0 Å². The predicted octanol–water partition coefficient (Wildman–Crippen LogP) is 3.08. The Balaban J connectivity index is 2.25. The predicted molar refractivity (Wildman–Crippen MR) is 56.3 cm³/mol. The zero-order chi connectivity index (χ0) is 9.97. The van der Waals surface area contributed by atoms with Crippen LogP contribution in [0.1, 0.15) is 11.5 Å². The molecule has 1 aromatic carbocycles. The minimum Gasteiger partial charge on any atom is -0.428 e. The summed E-state index contributed by atoms with van der Waals surface area (Å²) in [4.78, 5) is 0. The van der Waals surface area contributed by atoms with Crippen LogP contribution in [0.15, 0.2) is 33.5 Å². The van der Waals surface area contributed by atoms with Crippen molar-refractivity contribution in [3.63, 3.8) is 0 Å². The fourth-order valence-electron chi connectivity index (χ4n) is 1.10. The molecule has 0 fully saturated rings. The van der Waals surface area contributed by atoms with E-state index in [2.05, 4.69) is 26.1 Å². The Hall–Kier alpha value is -0.870. The van der Waals surface area contributed by atoms with Crippen LogP contribution in [0.2, 0.25) is 5.02 Å². The van der Waals surface area contributed by atoms with Gasteiger partial charge in [-0.1, -0.05) is 33.6 Å². The zero-order valence-electron chi connectivity index (χ0n) is 7.08. The quantitative estimate of drug-likeness (QED) is 0.844. The van der Waals surface area contributed by atoms with Crippen molar-refractivity contribution in [3.05, 3.63) is 45.5 Å². The second kappa shape index (κ2) is 4.11. The van der Waals surface area contributed by atoms with Crippen molar-refractivity contribution in [1.29, 1.82) is 0 Å². The first-order chi connectivity index (χ1) is 6.75. The number of rotatable bonds is 2. The first-order valence-electron chi connectivity index (χ1n) is 3.94. The monoisotopic (exact) mass is 272 g/mol. The molecule has 0 radical (unpaired) electrons. The van der Waals surface area contributed by atoms with Gasteiger partial charge in [-0.2, -0.15) is 0 Å². The van der Waals surface area contributed by atoms with Gasteiger partial charge in [-0.15, -0.1) is 10.2 Å². The molecule has 0 N–H and O–H groups in total. The molecule has 0 aliphatic heterocycles. The molecular formula is C9H6BrClN2O. The van der Waals surface area contributed by atoms with Crippen LogP contribution in [0.4, 0.5) is 0 Å². The van der Waals surface area contributed by atoms with Gasteiger partial charge in [0.05, 0.1) is 6.42 Å². The molecule has 0 spiro atoms. The van der Waals surface area contributed by atoms with Gasteiger partial charge in [-0.25, -0.2) is 0 Å². The summed E-state index contributed by atoms with van der Waals surface area (Å²) in [6, 6.07) is 5.70. The fraction of sp³-hybridized carbons (Fsp3) is 0.111. The molecule has 2 aromatic rings. The van der Waals surface area contributed by atoms with Crippen molar-refractivity contribution in [2.75, 3.05) is 0 Å². The Labute approximate surface area is 94.2 Å². The number of hydrogen-bond donors (Lipinski definition) is 0. The lowest BCUT2D eigenvalue weighted by Gasteiger charge is -2.00. The van der Waals surface area contributed by atoms with Gasteiger partial charge in [0.15, 0.2) is 0 Å². The zero-order valence-corrected chi connectivity index (χ0v) is 9.42. The van der Waals surface area contributed by atoms with Gasteiger partial charge < -0.3 is 4.42 Å². The Morgan fingerprint density at radius 3 is 2.93 bits per heavy atom. The molecule has 0 unspecified atom stereocenters. The maximum atomic E-state index is 6.03. The lowest BCUT2D eigenvalue weighted by molar-refractivity contribution is 0.505. The van der Waals surface area contributed by atoms with Crippen molar-refractivity contribution < 1.29 is 4.42 Å². The van der Waals surface area contributed by atoms with Crippen molar-refractivity contribution in [3.8, 4) is 0 Å². The van der Waals surface area contributed by atoms with Gasteiger partial charge in [-0.3, -0.25) is 0 Å². The van der Waals surface area contributed by atoms with Gasteiger partial charge in [0, 0.05) is 9.50 Å². The average Bonchev–Trinajstić information content (AvgIpc) is 2.62. The number of aromatic nitrogens is 2. The van der Waals surface area contributed by atoms with E-state index in [0.29, 0.717) is 17.3 Å². The van der Waals surface area contributed by atoms with Crippen LogP contribution in [-0.2, 0) is 6.42 Å². The summed E-state index contributed by atoms with van der Waals surface area (Å²) in [6.07, 6.45) is 1.87. The summed E-state index contributed by atoms with van der Waals surface area (Å²) in [5.74, 6) is 0.564. The van der Waals surface area contributed by atoms with Crippen LogP contribution < -0.4 is 0 Å². The smallest absolute Gasteiger partial charge is 0.220 e. The fourth-order valence-corrected chi connectivity index (χ4v) is 1.84. The summed E-state index contributed by atoms with van der Waals surface area (Å²) in [5, 5.41) is 8.08. The molecule has 5 heteroatoms. The van der Waals surface area contributed by atoms with Gasteiger partial charge in [-0.05, 0) is 17.7 Å². The van der Waals surface area contributed by atoms with E-state index in [0.717, 1.165) is 10.0 Å². The highest BCUT2D eigenvalue weighted by Crippen LogP contribution is 2.22. The van der Waals surface area contributed by atoms with Crippen molar-refractivity contribution >= 4 is 27.5 Å².